The lowest BCUT2D eigenvalue weighted by atomic mass is 9.49. The molecule has 4 heteroatoms. The number of ketones is 1. The van der Waals surface area contributed by atoms with Gasteiger partial charge in [0.25, 0.3) is 0 Å². The predicted molar refractivity (Wildman–Crippen MR) is 97.5 cm³/mol. The Morgan fingerprint density at radius 1 is 1.31 bits per heavy atom. The summed E-state index contributed by atoms with van der Waals surface area (Å²) in [5.74, 6) is 1.87. The van der Waals surface area contributed by atoms with E-state index in [9.17, 15) is 9.90 Å². The van der Waals surface area contributed by atoms with E-state index in [2.05, 4.69) is 24.0 Å². The Morgan fingerprint density at radius 2 is 2.15 bits per heavy atom. The number of hydrogen-bond donors (Lipinski definition) is 1. The van der Waals surface area contributed by atoms with Crippen molar-refractivity contribution in [1.82, 2.24) is 4.90 Å². The number of carbonyl (C=O) groups excluding carboxylic acids is 1. The number of piperidine rings is 1. The summed E-state index contributed by atoms with van der Waals surface area (Å²) >= 11 is 0. The number of hydrogen-bond acceptors (Lipinski definition) is 4. The Morgan fingerprint density at radius 3 is 2.92 bits per heavy atom. The third-order valence-corrected chi connectivity index (χ3v) is 8.30. The normalized spacial score (nSPS) is 40.8. The highest BCUT2D eigenvalue weighted by atomic mass is 16.5. The zero-order valence-corrected chi connectivity index (χ0v) is 15.5. The first-order chi connectivity index (χ1) is 12.5. The van der Waals surface area contributed by atoms with Crippen molar-refractivity contribution in [3.63, 3.8) is 0 Å². The van der Waals surface area contributed by atoms with Gasteiger partial charge in [-0.3, -0.25) is 9.69 Å². The van der Waals surface area contributed by atoms with E-state index in [-0.39, 0.29) is 11.8 Å². The van der Waals surface area contributed by atoms with Gasteiger partial charge in [0, 0.05) is 24.6 Å². The fourth-order valence-electron chi connectivity index (χ4n) is 6.79. The molecule has 2 heterocycles. The summed E-state index contributed by atoms with van der Waals surface area (Å²) in [4.78, 5) is 15.4. The van der Waals surface area contributed by atoms with Crippen LogP contribution in [0.1, 0.15) is 55.2 Å². The molecule has 4 nitrogen and oxygen atoms in total. The molecule has 2 aliphatic heterocycles. The lowest BCUT2D eigenvalue weighted by Crippen LogP contribution is -2.76. The van der Waals surface area contributed by atoms with Gasteiger partial charge in [0.1, 0.15) is 5.75 Å². The SMILES string of the molecule is Cc1ccc2c3c1OC1C(=O)CCC4(O)[C@@H](C2)N(CC2CCC2)CC[C@]314. The summed E-state index contributed by atoms with van der Waals surface area (Å²) in [6.07, 6.45) is 6.29. The molecule has 1 N–H and O–H groups in total. The van der Waals surface area contributed by atoms with Crippen molar-refractivity contribution in [2.45, 2.75) is 75.0 Å². The number of likely N-dealkylation sites (tertiary alicyclic amines) is 1. The van der Waals surface area contributed by atoms with Crippen LogP contribution in [0.3, 0.4) is 0 Å². The molecular formula is C22H27NO3. The Hall–Kier alpha value is -1.39. The second-order valence-electron chi connectivity index (χ2n) is 9.37. The van der Waals surface area contributed by atoms with Gasteiger partial charge in [-0.15, -0.1) is 0 Å². The molecule has 1 aromatic rings. The number of ether oxygens (including phenoxy) is 1. The summed E-state index contributed by atoms with van der Waals surface area (Å²) in [6.45, 7) is 4.14. The van der Waals surface area contributed by atoms with Crippen LogP contribution in [-0.4, -0.2) is 46.6 Å². The van der Waals surface area contributed by atoms with Gasteiger partial charge in [0.15, 0.2) is 11.9 Å². The quantitative estimate of drug-likeness (QED) is 0.888. The molecule has 6 rings (SSSR count). The first-order valence-electron chi connectivity index (χ1n) is 10.3. The summed E-state index contributed by atoms with van der Waals surface area (Å²) < 4.78 is 6.31. The van der Waals surface area contributed by atoms with E-state index in [0.29, 0.717) is 12.8 Å². The summed E-state index contributed by atoms with van der Waals surface area (Å²) in [5, 5.41) is 12.1. The van der Waals surface area contributed by atoms with Crippen molar-refractivity contribution < 1.29 is 14.6 Å². The van der Waals surface area contributed by atoms with Crippen LogP contribution in [0.2, 0.25) is 0 Å². The van der Waals surface area contributed by atoms with Crippen LogP contribution in [0.15, 0.2) is 12.1 Å². The van der Waals surface area contributed by atoms with E-state index < -0.39 is 17.1 Å². The minimum absolute atomic E-state index is 0.122. The van der Waals surface area contributed by atoms with Gasteiger partial charge in [0.2, 0.25) is 0 Å². The van der Waals surface area contributed by atoms with Crippen LogP contribution in [0, 0.1) is 12.8 Å². The van der Waals surface area contributed by atoms with E-state index in [0.717, 1.165) is 43.2 Å². The Kier molecular flexibility index (Phi) is 2.95. The molecule has 2 bridgehead atoms. The largest absolute Gasteiger partial charge is 0.481 e. The Bertz CT molecular complexity index is 816. The van der Waals surface area contributed by atoms with Crippen LogP contribution in [-0.2, 0) is 16.6 Å². The maximum atomic E-state index is 12.8. The standard InChI is InChI=1S/C22H27NO3/c1-13-5-6-15-11-17-22(25)8-7-16(24)20-21(22,18(15)19(13)26-20)9-10-23(17)12-14-3-2-4-14/h5-6,14,17,20,25H,2-4,7-12H2,1H3/t17-,20?,21+,22?/m1/s1. The average molecular weight is 353 g/mol. The molecule has 1 saturated heterocycles. The summed E-state index contributed by atoms with van der Waals surface area (Å²) in [5.41, 5.74) is 2.23. The van der Waals surface area contributed by atoms with E-state index >= 15 is 0 Å². The van der Waals surface area contributed by atoms with E-state index in [1.165, 1.54) is 30.4 Å². The molecule has 2 saturated carbocycles. The highest BCUT2D eigenvalue weighted by Crippen LogP contribution is 2.63. The molecule has 0 aromatic heterocycles. The first kappa shape index (κ1) is 15.6. The van der Waals surface area contributed by atoms with E-state index in [1.807, 2.05) is 0 Å². The predicted octanol–water partition coefficient (Wildman–Crippen LogP) is 2.52. The van der Waals surface area contributed by atoms with Crippen molar-refractivity contribution >= 4 is 5.78 Å². The number of aliphatic hydroxyl groups is 1. The highest BCUT2D eigenvalue weighted by Gasteiger charge is 2.72. The minimum Gasteiger partial charge on any atom is -0.481 e. The number of aryl methyl sites for hydroxylation is 1. The fourth-order valence-corrected chi connectivity index (χ4v) is 6.79. The third kappa shape index (κ3) is 1.62. The zero-order valence-electron chi connectivity index (χ0n) is 15.5. The van der Waals surface area contributed by atoms with Gasteiger partial charge in [-0.05, 0) is 62.6 Å². The monoisotopic (exact) mass is 353 g/mol. The molecule has 3 fully saturated rings. The molecule has 1 aromatic carbocycles. The molecule has 4 atom stereocenters. The first-order valence-corrected chi connectivity index (χ1v) is 10.3. The van der Waals surface area contributed by atoms with Crippen molar-refractivity contribution in [3.05, 3.63) is 28.8 Å². The number of Topliss-reactive ketones (excluding diaryl/α,β-unsaturated/α-hetero) is 1. The molecule has 138 valence electrons. The molecule has 0 radical (unpaired) electrons. The van der Waals surface area contributed by atoms with Crippen molar-refractivity contribution in [3.8, 4) is 5.75 Å². The number of carbonyl (C=O) groups is 1. The number of benzene rings is 1. The summed E-state index contributed by atoms with van der Waals surface area (Å²) in [7, 11) is 0. The molecule has 26 heavy (non-hydrogen) atoms. The lowest BCUT2D eigenvalue weighted by molar-refractivity contribution is -0.190. The van der Waals surface area contributed by atoms with E-state index in [4.69, 9.17) is 4.74 Å². The second kappa shape index (κ2) is 4.90. The van der Waals surface area contributed by atoms with Crippen molar-refractivity contribution in [1.29, 1.82) is 0 Å². The second-order valence-corrected chi connectivity index (χ2v) is 9.37. The third-order valence-electron chi connectivity index (χ3n) is 8.30. The van der Waals surface area contributed by atoms with Gasteiger partial charge in [0.05, 0.1) is 11.0 Å². The van der Waals surface area contributed by atoms with Gasteiger partial charge < -0.3 is 9.84 Å². The van der Waals surface area contributed by atoms with Crippen LogP contribution >= 0.6 is 0 Å². The van der Waals surface area contributed by atoms with Gasteiger partial charge in [-0.25, -0.2) is 0 Å². The Labute approximate surface area is 154 Å². The average Bonchev–Trinajstić information content (AvgIpc) is 2.93. The summed E-state index contributed by atoms with van der Waals surface area (Å²) in [6, 6.07) is 4.47. The van der Waals surface area contributed by atoms with Gasteiger partial charge in [-0.2, -0.15) is 0 Å². The number of rotatable bonds is 2. The fraction of sp³-hybridized carbons (Fsp3) is 0.682. The lowest BCUT2D eigenvalue weighted by Gasteiger charge is -2.63. The van der Waals surface area contributed by atoms with Crippen LogP contribution in [0.5, 0.6) is 5.75 Å². The molecule has 1 spiro atoms. The molecule has 0 amide bonds. The zero-order chi connectivity index (χ0) is 17.7. The topological polar surface area (TPSA) is 49.8 Å². The molecule has 2 unspecified atom stereocenters. The number of nitrogens with zero attached hydrogens (tertiary/aromatic N) is 1. The van der Waals surface area contributed by atoms with Gasteiger partial charge in [-0.1, -0.05) is 18.6 Å². The minimum atomic E-state index is -0.834. The van der Waals surface area contributed by atoms with Crippen molar-refractivity contribution in [2.75, 3.05) is 13.1 Å². The maximum absolute atomic E-state index is 12.8. The molecule has 3 aliphatic carbocycles. The maximum Gasteiger partial charge on any atom is 0.174 e. The molecular weight excluding hydrogens is 326 g/mol. The Balaban J connectivity index is 1.53. The van der Waals surface area contributed by atoms with E-state index in [1.54, 1.807) is 0 Å². The highest BCUT2D eigenvalue weighted by molar-refractivity contribution is 5.89. The van der Waals surface area contributed by atoms with Gasteiger partial charge >= 0.3 is 0 Å². The van der Waals surface area contributed by atoms with Crippen LogP contribution in [0.25, 0.3) is 0 Å². The molecule has 5 aliphatic rings. The smallest absolute Gasteiger partial charge is 0.174 e. The van der Waals surface area contributed by atoms with Crippen LogP contribution in [0.4, 0.5) is 0 Å². The van der Waals surface area contributed by atoms with Crippen LogP contribution < -0.4 is 4.74 Å². The van der Waals surface area contributed by atoms with Crippen molar-refractivity contribution in [2.24, 2.45) is 5.92 Å².